The quantitative estimate of drug-likeness (QED) is 0.446. The summed E-state index contributed by atoms with van der Waals surface area (Å²) in [5, 5.41) is 10.2. The number of aliphatic hydroxyl groups is 1. The van der Waals surface area contributed by atoms with Crippen LogP contribution in [0.2, 0.25) is 0 Å². The molecule has 0 radical (unpaired) electrons. The van der Waals surface area contributed by atoms with E-state index in [1.54, 1.807) is 0 Å². The average Bonchev–Trinajstić information content (AvgIpc) is 2.25. The molecule has 5 N–H and O–H groups in total. The second kappa shape index (κ2) is 4.27. The molecule has 1 aliphatic rings. The summed E-state index contributed by atoms with van der Waals surface area (Å²) in [6.45, 7) is 0. The van der Waals surface area contributed by atoms with Gasteiger partial charge in [-0.05, 0) is 23.4 Å². The summed E-state index contributed by atoms with van der Waals surface area (Å²) in [5.41, 5.74) is 5.59. The molecular formula is C10H11NO7S2. The zero-order valence-corrected chi connectivity index (χ0v) is 11.5. The Morgan fingerprint density at radius 1 is 1.15 bits per heavy atom. The highest BCUT2D eigenvalue weighted by atomic mass is 32.2. The minimum atomic E-state index is -4.86. The molecule has 0 aliphatic heterocycles. The zero-order valence-electron chi connectivity index (χ0n) is 9.88. The van der Waals surface area contributed by atoms with Crippen LogP contribution in [0.15, 0.2) is 23.1 Å². The van der Waals surface area contributed by atoms with Crippen molar-refractivity contribution in [3.05, 3.63) is 28.6 Å². The summed E-state index contributed by atoms with van der Waals surface area (Å²) in [6, 6.07) is 3.31. The van der Waals surface area contributed by atoms with E-state index in [9.17, 15) is 21.9 Å². The van der Waals surface area contributed by atoms with Crippen LogP contribution in [0.4, 0.5) is 0 Å². The van der Waals surface area contributed by atoms with Gasteiger partial charge < -0.3 is 10.8 Å². The molecule has 1 atom stereocenters. The van der Waals surface area contributed by atoms with Crippen molar-refractivity contribution < 1.29 is 31.0 Å². The fourth-order valence-electron chi connectivity index (χ4n) is 1.94. The van der Waals surface area contributed by atoms with Gasteiger partial charge in [0.1, 0.15) is 0 Å². The van der Waals surface area contributed by atoms with Crippen LogP contribution in [-0.2, 0) is 20.2 Å². The summed E-state index contributed by atoms with van der Waals surface area (Å²) in [6.07, 6.45) is 0.229. The van der Waals surface area contributed by atoms with E-state index < -0.39 is 36.5 Å². The van der Waals surface area contributed by atoms with Gasteiger partial charge in [-0.3, -0.25) is 9.11 Å². The minimum absolute atomic E-state index is 0.0241. The highest BCUT2D eigenvalue weighted by Gasteiger charge is 2.40. The Morgan fingerprint density at radius 3 is 2.25 bits per heavy atom. The molecule has 1 aliphatic carbocycles. The molecule has 0 aromatic heterocycles. The molecule has 110 valence electrons. The van der Waals surface area contributed by atoms with E-state index >= 15 is 0 Å². The fraction of sp³-hybridized carbons (Fsp3) is 0.200. The summed E-state index contributed by atoms with van der Waals surface area (Å²) in [4.78, 5) is -3.12. The Balaban J connectivity index is 2.86. The molecule has 10 heteroatoms. The summed E-state index contributed by atoms with van der Waals surface area (Å²) >= 11 is 0. The lowest BCUT2D eigenvalue weighted by Crippen LogP contribution is -2.47. The van der Waals surface area contributed by atoms with Gasteiger partial charge in [0.25, 0.3) is 20.2 Å². The molecule has 8 nitrogen and oxygen atoms in total. The first-order chi connectivity index (χ1) is 8.94. The molecule has 1 unspecified atom stereocenters. The number of fused-ring (bicyclic) bond motifs is 1. The molecule has 20 heavy (non-hydrogen) atoms. The van der Waals surface area contributed by atoms with Gasteiger partial charge >= 0.3 is 0 Å². The highest BCUT2D eigenvalue weighted by molar-refractivity contribution is 7.87. The van der Waals surface area contributed by atoms with Gasteiger partial charge in [-0.15, -0.1) is 0 Å². The smallest absolute Gasteiger partial charge is 0.299 e. The van der Waals surface area contributed by atoms with Crippen LogP contribution in [0.5, 0.6) is 0 Å². The second-order valence-corrected chi connectivity index (χ2v) is 7.47. The van der Waals surface area contributed by atoms with Crippen molar-refractivity contribution in [1.29, 1.82) is 0 Å². The van der Waals surface area contributed by atoms with Crippen molar-refractivity contribution in [2.24, 2.45) is 5.73 Å². The van der Waals surface area contributed by atoms with Crippen LogP contribution in [0.1, 0.15) is 6.42 Å². The van der Waals surface area contributed by atoms with Gasteiger partial charge in [0.2, 0.25) is 4.93 Å². The van der Waals surface area contributed by atoms with E-state index in [0.717, 1.165) is 18.2 Å². The summed E-state index contributed by atoms with van der Waals surface area (Å²) < 4.78 is 62.4. The Bertz CT molecular complexity index is 901. The Kier molecular flexibility index (Phi) is 3.19. The Labute approximate surface area is 114 Å². The Hall–Kier alpha value is -1.46. The van der Waals surface area contributed by atoms with E-state index in [-0.39, 0.29) is 10.9 Å². The minimum Gasteiger partial charge on any atom is -0.401 e. The molecule has 0 amide bonds. The van der Waals surface area contributed by atoms with E-state index in [1.807, 2.05) is 0 Å². The van der Waals surface area contributed by atoms with Gasteiger partial charge in [0.05, 0.1) is 4.90 Å². The highest BCUT2D eigenvalue weighted by Crippen LogP contribution is 2.24. The third-order valence-electron chi connectivity index (χ3n) is 2.94. The van der Waals surface area contributed by atoms with E-state index in [0.29, 0.717) is 5.22 Å². The molecule has 0 heterocycles. The van der Waals surface area contributed by atoms with Crippen molar-refractivity contribution in [2.75, 3.05) is 0 Å². The van der Waals surface area contributed by atoms with Crippen molar-refractivity contribution >= 4 is 32.0 Å². The largest absolute Gasteiger partial charge is 0.401 e. The van der Waals surface area contributed by atoms with Crippen molar-refractivity contribution in [3.63, 3.8) is 0 Å². The third-order valence-corrected chi connectivity index (χ3v) is 4.94. The molecule has 1 aromatic carbocycles. The first-order valence-corrected chi connectivity index (χ1v) is 8.10. The molecule has 0 bridgehead atoms. The normalized spacial score (nSPS) is 23.1. The molecule has 0 fully saturated rings. The average molecular weight is 321 g/mol. The lowest BCUT2D eigenvalue weighted by molar-refractivity contribution is 0.179. The lowest BCUT2D eigenvalue weighted by atomic mass is 10.0. The zero-order chi connectivity index (χ0) is 15.3. The summed E-state index contributed by atoms with van der Waals surface area (Å²) in [5.74, 6) is 0. The van der Waals surface area contributed by atoms with Crippen LogP contribution in [-0.4, -0.2) is 36.0 Å². The van der Waals surface area contributed by atoms with E-state index in [2.05, 4.69) is 0 Å². The first kappa shape index (κ1) is 14.9. The predicted molar refractivity (Wildman–Crippen MR) is 68.7 cm³/mol. The van der Waals surface area contributed by atoms with Crippen LogP contribution in [0, 0.1) is 0 Å². The van der Waals surface area contributed by atoms with Crippen LogP contribution < -0.4 is 16.2 Å². The van der Waals surface area contributed by atoms with Crippen molar-refractivity contribution in [1.82, 2.24) is 0 Å². The Morgan fingerprint density at radius 2 is 1.75 bits per heavy atom. The number of rotatable bonds is 2. The van der Waals surface area contributed by atoms with Crippen LogP contribution in [0.25, 0.3) is 11.8 Å². The van der Waals surface area contributed by atoms with Gasteiger partial charge in [-0.2, -0.15) is 16.8 Å². The van der Waals surface area contributed by atoms with Gasteiger partial charge in [0.15, 0.2) is 0 Å². The maximum Gasteiger partial charge on any atom is 0.299 e. The lowest BCUT2D eigenvalue weighted by Gasteiger charge is -2.24. The summed E-state index contributed by atoms with van der Waals surface area (Å²) in [7, 11) is -9.35. The molecule has 0 saturated carbocycles. The SMILES string of the molecule is NC1=c2ccc(S(=O)(=O)O)cc2=CC(O)(S(=O)(=O)O)C1. The van der Waals surface area contributed by atoms with E-state index in [1.165, 1.54) is 6.07 Å². The number of hydrogen-bond donors (Lipinski definition) is 4. The second-order valence-electron chi connectivity index (χ2n) is 4.39. The molecular weight excluding hydrogens is 310 g/mol. The molecule has 0 saturated heterocycles. The third kappa shape index (κ3) is 2.43. The predicted octanol–water partition coefficient (Wildman–Crippen LogP) is -2.24. The van der Waals surface area contributed by atoms with Crippen LogP contribution in [0.3, 0.4) is 0 Å². The standard InChI is InChI=1S/C10H11NO7S2/c11-9-5-10(12,20(16,17)18)4-6-3-7(19(13,14)15)1-2-8(6)9/h1-4,12H,5,11H2,(H,13,14,15)(H,16,17,18). The fourth-order valence-corrected chi connectivity index (χ4v) is 3.07. The van der Waals surface area contributed by atoms with Crippen molar-refractivity contribution in [2.45, 2.75) is 16.2 Å². The van der Waals surface area contributed by atoms with Gasteiger partial charge in [-0.25, -0.2) is 0 Å². The van der Waals surface area contributed by atoms with Gasteiger partial charge in [-0.1, -0.05) is 6.07 Å². The molecule has 1 aromatic rings. The topological polar surface area (TPSA) is 155 Å². The molecule has 0 spiro atoms. The van der Waals surface area contributed by atoms with Crippen LogP contribution >= 0.6 is 0 Å². The number of benzene rings is 1. The van der Waals surface area contributed by atoms with Crippen molar-refractivity contribution in [3.8, 4) is 0 Å². The first-order valence-electron chi connectivity index (χ1n) is 5.22. The maximum atomic E-state index is 11.2. The number of nitrogens with two attached hydrogens (primary N) is 1. The van der Waals surface area contributed by atoms with E-state index in [4.69, 9.17) is 14.8 Å². The van der Waals surface area contributed by atoms with Gasteiger partial charge in [0, 0.05) is 17.3 Å². The monoisotopic (exact) mass is 321 g/mol. The number of hydrogen-bond acceptors (Lipinski definition) is 6. The molecule has 2 rings (SSSR count). The maximum absolute atomic E-state index is 11.2.